The first-order chi connectivity index (χ1) is 9.34. The molecule has 0 spiro atoms. The molecule has 2 aromatic rings. The lowest BCUT2D eigenvalue weighted by molar-refractivity contribution is 0.360. The van der Waals surface area contributed by atoms with Crippen molar-refractivity contribution in [2.24, 2.45) is 0 Å². The summed E-state index contributed by atoms with van der Waals surface area (Å²) >= 11 is 1.92. The normalized spacial score (nSPS) is 10.8. The zero-order chi connectivity index (χ0) is 13.3. The monoisotopic (exact) mass is 272 g/mol. The zero-order valence-electron chi connectivity index (χ0n) is 11.3. The molecule has 19 heavy (non-hydrogen) atoms. The van der Waals surface area contributed by atoms with E-state index in [4.69, 9.17) is 0 Å². The maximum Gasteiger partial charge on any atom is 0.0270 e. The van der Waals surface area contributed by atoms with Crippen molar-refractivity contribution in [1.29, 1.82) is 0 Å². The third-order valence-corrected chi connectivity index (χ3v) is 4.01. The van der Waals surface area contributed by atoms with Gasteiger partial charge in [0.15, 0.2) is 0 Å². The van der Waals surface area contributed by atoms with Gasteiger partial charge in [-0.1, -0.05) is 18.2 Å². The van der Waals surface area contributed by atoms with Crippen LogP contribution in [0.5, 0.6) is 0 Å². The molecule has 0 unspecified atom stereocenters. The van der Waals surface area contributed by atoms with Crippen LogP contribution in [0.4, 0.5) is 0 Å². The van der Waals surface area contributed by atoms with E-state index < -0.39 is 0 Å². The van der Waals surface area contributed by atoms with E-state index in [1.54, 1.807) is 0 Å². The summed E-state index contributed by atoms with van der Waals surface area (Å²) in [4.78, 5) is 7.78. The maximum absolute atomic E-state index is 4.04. The van der Waals surface area contributed by atoms with Gasteiger partial charge in [-0.05, 0) is 43.3 Å². The summed E-state index contributed by atoms with van der Waals surface area (Å²) in [6, 6.07) is 14.8. The Morgan fingerprint density at radius 1 is 1.00 bits per heavy atom. The molecule has 3 heteroatoms. The Morgan fingerprint density at radius 2 is 1.74 bits per heavy atom. The number of likely N-dealkylation sites (N-methyl/N-ethyl adjacent to an activating group) is 1. The molecule has 2 rings (SSSR count). The fraction of sp³-hybridized carbons (Fsp3) is 0.312. The topological polar surface area (TPSA) is 16.1 Å². The third kappa shape index (κ3) is 5.45. The summed E-state index contributed by atoms with van der Waals surface area (Å²) in [6.07, 6.45) is 4.82. The summed E-state index contributed by atoms with van der Waals surface area (Å²) in [5, 5.41) is 0. The van der Waals surface area contributed by atoms with Crippen molar-refractivity contribution < 1.29 is 0 Å². The summed E-state index contributed by atoms with van der Waals surface area (Å²) in [6.45, 7) is 2.21. The molecular weight excluding hydrogens is 252 g/mol. The number of benzene rings is 1. The Hall–Kier alpha value is -1.32. The van der Waals surface area contributed by atoms with Crippen molar-refractivity contribution in [2.75, 3.05) is 25.9 Å². The average molecular weight is 272 g/mol. The van der Waals surface area contributed by atoms with Crippen molar-refractivity contribution in [2.45, 2.75) is 11.3 Å². The lowest BCUT2D eigenvalue weighted by atomic mass is 10.2. The molecule has 0 bridgehead atoms. The standard InChI is InChI=1S/C16H20N2S/c1-18(12-9-15-7-10-17-11-8-15)13-14-19-16-5-3-2-4-6-16/h2-8,10-11H,9,12-14H2,1H3. The SMILES string of the molecule is CN(CCSc1ccccc1)CCc1ccncc1. The Kier molecular flexibility index (Phi) is 5.92. The number of aromatic nitrogens is 1. The third-order valence-electron chi connectivity index (χ3n) is 3.02. The number of hydrogen-bond donors (Lipinski definition) is 0. The van der Waals surface area contributed by atoms with Gasteiger partial charge in [0.2, 0.25) is 0 Å². The van der Waals surface area contributed by atoms with E-state index in [2.05, 4.69) is 59.4 Å². The minimum Gasteiger partial charge on any atom is -0.305 e. The fourth-order valence-electron chi connectivity index (χ4n) is 1.82. The van der Waals surface area contributed by atoms with Crippen LogP contribution in [0.1, 0.15) is 5.56 Å². The largest absolute Gasteiger partial charge is 0.305 e. The van der Waals surface area contributed by atoms with Gasteiger partial charge >= 0.3 is 0 Å². The highest BCUT2D eigenvalue weighted by Crippen LogP contribution is 2.16. The second kappa shape index (κ2) is 7.97. The molecule has 0 saturated carbocycles. The van der Waals surface area contributed by atoms with E-state index >= 15 is 0 Å². The van der Waals surface area contributed by atoms with Crippen molar-refractivity contribution >= 4 is 11.8 Å². The summed E-state index contributed by atoms with van der Waals surface area (Å²) in [5.41, 5.74) is 1.36. The van der Waals surface area contributed by atoms with E-state index in [9.17, 15) is 0 Å². The van der Waals surface area contributed by atoms with Crippen molar-refractivity contribution in [3.05, 3.63) is 60.4 Å². The summed E-state index contributed by atoms with van der Waals surface area (Å²) < 4.78 is 0. The molecule has 0 saturated heterocycles. The van der Waals surface area contributed by atoms with Crippen LogP contribution < -0.4 is 0 Å². The highest BCUT2D eigenvalue weighted by Gasteiger charge is 2.00. The first-order valence-corrected chi connectivity index (χ1v) is 7.58. The molecule has 0 N–H and O–H groups in total. The van der Waals surface area contributed by atoms with Crippen LogP contribution in [0, 0.1) is 0 Å². The number of hydrogen-bond acceptors (Lipinski definition) is 3. The molecule has 1 aromatic carbocycles. The second-order valence-electron chi connectivity index (χ2n) is 4.57. The smallest absolute Gasteiger partial charge is 0.0270 e. The highest BCUT2D eigenvalue weighted by atomic mass is 32.2. The molecule has 0 fully saturated rings. The number of rotatable bonds is 7. The van der Waals surface area contributed by atoms with Gasteiger partial charge in [-0.15, -0.1) is 11.8 Å². The summed E-state index contributed by atoms with van der Waals surface area (Å²) in [7, 11) is 2.19. The van der Waals surface area contributed by atoms with Crippen LogP contribution in [0.2, 0.25) is 0 Å². The molecule has 100 valence electrons. The molecule has 0 aliphatic carbocycles. The van der Waals surface area contributed by atoms with E-state index in [-0.39, 0.29) is 0 Å². The first-order valence-electron chi connectivity index (χ1n) is 6.60. The van der Waals surface area contributed by atoms with Gasteiger partial charge in [0.05, 0.1) is 0 Å². The Morgan fingerprint density at radius 3 is 2.47 bits per heavy atom. The number of pyridine rings is 1. The molecule has 0 atom stereocenters. The van der Waals surface area contributed by atoms with Crippen LogP contribution in [0.15, 0.2) is 59.8 Å². The van der Waals surface area contributed by atoms with Gasteiger partial charge in [-0.25, -0.2) is 0 Å². The minimum atomic E-state index is 1.09. The zero-order valence-corrected chi connectivity index (χ0v) is 12.1. The van der Waals surface area contributed by atoms with Crippen molar-refractivity contribution in [3.63, 3.8) is 0 Å². The predicted octanol–water partition coefficient (Wildman–Crippen LogP) is 3.35. The molecule has 0 aliphatic rings. The van der Waals surface area contributed by atoms with Crippen LogP contribution >= 0.6 is 11.8 Å². The van der Waals surface area contributed by atoms with E-state index in [0.717, 1.165) is 25.3 Å². The van der Waals surface area contributed by atoms with Crippen LogP contribution in [-0.2, 0) is 6.42 Å². The molecule has 0 aliphatic heterocycles. The second-order valence-corrected chi connectivity index (χ2v) is 5.74. The molecular formula is C16H20N2S. The van der Waals surface area contributed by atoms with E-state index in [0.29, 0.717) is 0 Å². The fourth-order valence-corrected chi connectivity index (χ4v) is 2.81. The Bertz CT molecular complexity index is 459. The number of nitrogens with zero attached hydrogens (tertiary/aromatic N) is 2. The van der Waals surface area contributed by atoms with Crippen molar-refractivity contribution in [3.8, 4) is 0 Å². The molecule has 0 radical (unpaired) electrons. The quantitative estimate of drug-likeness (QED) is 0.719. The molecule has 1 aromatic heterocycles. The van der Waals surface area contributed by atoms with Gasteiger partial charge in [0, 0.05) is 36.1 Å². The first kappa shape index (κ1) is 14.1. The van der Waals surface area contributed by atoms with Gasteiger partial charge < -0.3 is 4.90 Å². The lowest BCUT2D eigenvalue weighted by Crippen LogP contribution is -2.23. The molecule has 1 heterocycles. The van der Waals surface area contributed by atoms with Crippen LogP contribution in [-0.4, -0.2) is 35.8 Å². The van der Waals surface area contributed by atoms with Gasteiger partial charge in [0.1, 0.15) is 0 Å². The van der Waals surface area contributed by atoms with Gasteiger partial charge in [-0.3, -0.25) is 4.98 Å². The summed E-state index contributed by atoms with van der Waals surface area (Å²) in [5.74, 6) is 1.14. The van der Waals surface area contributed by atoms with Gasteiger partial charge in [-0.2, -0.15) is 0 Å². The molecule has 2 nitrogen and oxygen atoms in total. The Balaban J connectivity index is 1.64. The maximum atomic E-state index is 4.04. The van der Waals surface area contributed by atoms with E-state index in [1.165, 1.54) is 10.5 Å². The molecule has 0 amide bonds. The van der Waals surface area contributed by atoms with Crippen LogP contribution in [0.25, 0.3) is 0 Å². The number of thioether (sulfide) groups is 1. The Labute approximate surface area is 119 Å². The lowest BCUT2D eigenvalue weighted by Gasteiger charge is -2.16. The predicted molar refractivity (Wildman–Crippen MR) is 82.6 cm³/mol. The minimum absolute atomic E-state index is 1.09. The average Bonchev–Trinajstić information content (AvgIpc) is 2.47. The highest BCUT2D eigenvalue weighted by molar-refractivity contribution is 7.99. The van der Waals surface area contributed by atoms with Gasteiger partial charge in [0.25, 0.3) is 0 Å². The van der Waals surface area contributed by atoms with Crippen molar-refractivity contribution in [1.82, 2.24) is 9.88 Å². The van der Waals surface area contributed by atoms with Crippen LogP contribution in [0.3, 0.4) is 0 Å². The van der Waals surface area contributed by atoms with E-state index in [1.807, 2.05) is 24.2 Å².